The fraction of sp³-hybridized carbons (Fsp3) is 0.333. The summed E-state index contributed by atoms with van der Waals surface area (Å²) < 4.78 is 10.7. The van der Waals surface area contributed by atoms with E-state index in [0.717, 1.165) is 31.0 Å². The Morgan fingerprint density at radius 1 is 1.17 bits per heavy atom. The highest BCUT2D eigenvalue weighted by Crippen LogP contribution is 2.11. The van der Waals surface area contributed by atoms with E-state index in [9.17, 15) is 0 Å². The molecule has 96 valence electrons. The summed E-state index contributed by atoms with van der Waals surface area (Å²) in [6, 6.07) is 12.1. The molecule has 1 heterocycles. The summed E-state index contributed by atoms with van der Waals surface area (Å²) >= 11 is 0. The van der Waals surface area contributed by atoms with Gasteiger partial charge in [0.05, 0.1) is 12.9 Å². The van der Waals surface area contributed by atoms with Crippen LogP contribution in [-0.2, 0) is 13.0 Å². The molecule has 18 heavy (non-hydrogen) atoms. The van der Waals surface area contributed by atoms with Crippen molar-refractivity contribution in [2.45, 2.75) is 19.9 Å². The number of hydrogen-bond acceptors (Lipinski definition) is 3. The minimum absolute atomic E-state index is 0.709. The first-order valence-corrected chi connectivity index (χ1v) is 6.33. The van der Waals surface area contributed by atoms with Crippen molar-refractivity contribution in [1.82, 2.24) is 5.32 Å². The van der Waals surface area contributed by atoms with Crippen molar-refractivity contribution in [2.75, 3.05) is 13.2 Å². The molecule has 0 aliphatic rings. The number of hydrogen-bond donors (Lipinski definition) is 1. The van der Waals surface area contributed by atoms with Crippen LogP contribution in [0.15, 0.2) is 47.1 Å². The monoisotopic (exact) mass is 245 g/mol. The van der Waals surface area contributed by atoms with Gasteiger partial charge in [0.2, 0.25) is 0 Å². The van der Waals surface area contributed by atoms with Gasteiger partial charge in [0.15, 0.2) is 0 Å². The summed E-state index contributed by atoms with van der Waals surface area (Å²) in [5.41, 5.74) is 1.26. The van der Waals surface area contributed by atoms with Crippen molar-refractivity contribution in [1.29, 1.82) is 0 Å². The highest BCUT2D eigenvalue weighted by atomic mass is 16.5. The van der Waals surface area contributed by atoms with Crippen LogP contribution in [0.2, 0.25) is 0 Å². The van der Waals surface area contributed by atoms with E-state index in [2.05, 4.69) is 17.4 Å². The van der Waals surface area contributed by atoms with Crippen LogP contribution in [0.4, 0.5) is 0 Å². The van der Waals surface area contributed by atoms with Crippen LogP contribution in [0, 0.1) is 0 Å². The van der Waals surface area contributed by atoms with Gasteiger partial charge < -0.3 is 14.5 Å². The topological polar surface area (TPSA) is 34.4 Å². The first-order valence-electron chi connectivity index (χ1n) is 6.33. The minimum Gasteiger partial charge on any atom is -0.494 e. The third kappa shape index (κ3) is 3.93. The maximum atomic E-state index is 5.40. The molecule has 1 aromatic heterocycles. The van der Waals surface area contributed by atoms with E-state index in [4.69, 9.17) is 9.15 Å². The van der Waals surface area contributed by atoms with Gasteiger partial charge in [-0.1, -0.05) is 12.1 Å². The summed E-state index contributed by atoms with van der Waals surface area (Å²) in [6.45, 7) is 4.48. The van der Waals surface area contributed by atoms with E-state index in [-0.39, 0.29) is 0 Å². The van der Waals surface area contributed by atoms with Gasteiger partial charge in [0, 0.05) is 19.5 Å². The van der Waals surface area contributed by atoms with Gasteiger partial charge in [-0.25, -0.2) is 0 Å². The van der Waals surface area contributed by atoms with Crippen molar-refractivity contribution < 1.29 is 9.15 Å². The Hall–Kier alpha value is -1.74. The Bertz CT molecular complexity index is 434. The Morgan fingerprint density at radius 3 is 2.67 bits per heavy atom. The molecule has 3 nitrogen and oxygen atoms in total. The smallest absolute Gasteiger partial charge is 0.119 e. The first-order chi connectivity index (χ1) is 8.88. The molecule has 0 spiro atoms. The summed E-state index contributed by atoms with van der Waals surface area (Å²) in [5, 5.41) is 3.39. The maximum absolute atomic E-state index is 5.40. The molecular weight excluding hydrogens is 226 g/mol. The van der Waals surface area contributed by atoms with E-state index in [1.54, 1.807) is 6.26 Å². The number of furan rings is 1. The molecule has 0 aliphatic heterocycles. The standard InChI is InChI=1S/C15H19NO2/c1-2-17-15-7-5-13(6-8-15)12-16-10-9-14-4-3-11-18-14/h3-8,11,16H,2,9-10,12H2,1H3. The lowest BCUT2D eigenvalue weighted by molar-refractivity contribution is 0.340. The molecule has 0 atom stereocenters. The normalized spacial score (nSPS) is 10.5. The average Bonchev–Trinajstić information content (AvgIpc) is 2.90. The number of rotatable bonds is 7. The molecule has 1 N–H and O–H groups in total. The van der Waals surface area contributed by atoms with Gasteiger partial charge in [0.1, 0.15) is 11.5 Å². The van der Waals surface area contributed by atoms with Crippen LogP contribution in [-0.4, -0.2) is 13.2 Å². The molecule has 0 amide bonds. The lowest BCUT2D eigenvalue weighted by atomic mass is 10.2. The third-order valence-electron chi connectivity index (χ3n) is 2.69. The summed E-state index contributed by atoms with van der Waals surface area (Å²) in [6.07, 6.45) is 2.63. The summed E-state index contributed by atoms with van der Waals surface area (Å²) in [5.74, 6) is 1.95. The van der Waals surface area contributed by atoms with Crippen LogP contribution in [0.25, 0.3) is 0 Å². The number of nitrogens with one attached hydrogen (secondary N) is 1. The minimum atomic E-state index is 0.709. The SMILES string of the molecule is CCOc1ccc(CNCCc2ccco2)cc1. The van der Waals surface area contributed by atoms with Crippen LogP contribution in [0.5, 0.6) is 5.75 Å². The zero-order valence-corrected chi connectivity index (χ0v) is 10.7. The Morgan fingerprint density at radius 2 is 2.00 bits per heavy atom. The van der Waals surface area contributed by atoms with Crippen LogP contribution < -0.4 is 10.1 Å². The lowest BCUT2D eigenvalue weighted by Gasteiger charge is -2.06. The van der Waals surface area contributed by atoms with E-state index in [1.165, 1.54) is 5.56 Å². The highest BCUT2D eigenvalue weighted by Gasteiger charge is 1.97. The van der Waals surface area contributed by atoms with Crippen molar-refractivity contribution in [3.8, 4) is 5.75 Å². The Labute approximate surface area is 108 Å². The van der Waals surface area contributed by atoms with E-state index in [0.29, 0.717) is 6.61 Å². The van der Waals surface area contributed by atoms with Crippen molar-refractivity contribution >= 4 is 0 Å². The summed E-state index contributed by atoms with van der Waals surface area (Å²) in [4.78, 5) is 0. The quantitative estimate of drug-likeness (QED) is 0.761. The fourth-order valence-corrected chi connectivity index (χ4v) is 1.77. The predicted octanol–water partition coefficient (Wildman–Crippen LogP) is 3.01. The molecule has 0 unspecified atom stereocenters. The Balaban J connectivity index is 1.69. The van der Waals surface area contributed by atoms with Gasteiger partial charge in [-0.15, -0.1) is 0 Å². The fourth-order valence-electron chi connectivity index (χ4n) is 1.77. The third-order valence-corrected chi connectivity index (χ3v) is 2.69. The van der Waals surface area contributed by atoms with E-state index >= 15 is 0 Å². The second-order valence-electron chi connectivity index (χ2n) is 4.08. The largest absolute Gasteiger partial charge is 0.494 e. The van der Waals surface area contributed by atoms with E-state index < -0.39 is 0 Å². The molecule has 0 aliphatic carbocycles. The van der Waals surface area contributed by atoms with Crippen molar-refractivity contribution in [3.05, 3.63) is 54.0 Å². The van der Waals surface area contributed by atoms with Gasteiger partial charge in [-0.3, -0.25) is 0 Å². The number of benzene rings is 1. The predicted molar refractivity (Wildman–Crippen MR) is 71.7 cm³/mol. The van der Waals surface area contributed by atoms with Crippen molar-refractivity contribution in [3.63, 3.8) is 0 Å². The molecule has 0 radical (unpaired) electrons. The Kier molecular flexibility index (Phi) is 4.85. The van der Waals surface area contributed by atoms with Gasteiger partial charge in [-0.05, 0) is 36.8 Å². The van der Waals surface area contributed by atoms with Crippen molar-refractivity contribution in [2.24, 2.45) is 0 Å². The maximum Gasteiger partial charge on any atom is 0.119 e. The van der Waals surface area contributed by atoms with Gasteiger partial charge in [0.25, 0.3) is 0 Å². The zero-order valence-electron chi connectivity index (χ0n) is 10.7. The van der Waals surface area contributed by atoms with E-state index in [1.807, 2.05) is 31.2 Å². The van der Waals surface area contributed by atoms with Crippen LogP contribution in [0.3, 0.4) is 0 Å². The molecule has 2 aromatic rings. The molecule has 2 rings (SSSR count). The molecule has 0 saturated carbocycles. The lowest BCUT2D eigenvalue weighted by Crippen LogP contribution is -2.16. The first kappa shape index (κ1) is 12.7. The molecule has 1 aromatic carbocycles. The summed E-state index contributed by atoms with van der Waals surface area (Å²) in [7, 11) is 0. The molecule has 0 saturated heterocycles. The second-order valence-corrected chi connectivity index (χ2v) is 4.08. The molecule has 3 heteroatoms. The highest BCUT2D eigenvalue weighted by molar-refractivity contribution is 5.27. The number of ether oxygens (including phenoxy) is 1. The van der Waals surface area contributed by atoms with Gasteiger partial charge >= 0.3 is 0 Å². The van der Waals surface area contributed by atoms with Crippen LogP contribution >= 0.6 is 0 Å². The van der Waals surface area contributed by atoms with Crippen LogP contribution in [0.1, 0.15) is 18.2 Å². The molecular formula is C15H19NO2. The second kappa shape index (κ2) is 6.87. The van der Waals surface area contributed by atoms with Gasteiger partial charge in [-0.2, -0.15) is 0 Å². The average molecular weight is 245 g/mol. The molecule has 0 bridgehead atoms. The molecule has 0 fully saturated rings. The zero-order chi connectivity index (χ0) is 12.6.